The molecular formula is C13H19ClO3. The summed E-state index contributed by atoms with van der Waals surface area (Å²) in [6.45, 7) is 4.23. The quantitative estimate of drug-likeness (QED) is 0.825. The van der Waals surface area contributed by atoms with Crippen LogP contribution in [0.1, 0.15) is 32.3 Å². The lowest BCUT2D eigenvalue weighted by Crippen LogP contribution is -2.21. The highest BCUT2D eigenvalue weighted by Gasteiger charge is 2.23. The van der Waals surface area contributed by atoms with E-state index in [0.717, 1.165) is 5.56 Å². The molecule has 0 aliphatic rings. The Morgan fingerprint density at radius 2 is 2.12 bits per heavy atom. The third kappa shape index (κ3) is 3.87. The lowest BCUT2D eigenvalue weighted by Gasteiger charge is -2.24. The summed E-state index contributed by atoms with van der Waals surface area (Å²) in [5.41, 5.74) is -0.240. The van der Waals surface area contributed by atoms with Gasteiger partial charge in [0.15, 0.2) is 0 Å². The highest BCUT2D eigenvalue weighted by atomic mass is 35.5. The van der Waals surface area contributed by atoms with Crippen LogP contribution < -0.4 is 4.74 Å². The Kier molecular flexibility index (Phi) is 5.25. The van der Waals surface area contributed by atoms with Gasteiger partial charge in [-0.1, -0.05) is 17.7 Å². The van der Waals surface area contributed by atoms with Gasteiger partial charge in [-0.2, -0.15) is 0 Å². The number of hydrogen-bond donors (Lipinski definition) is 2. The van der Waals surface area contributed by atoms with E-state index in [1.807, 2.05) is 6.92 Å². The second-order valence-electron chi connectivity index (χ2n) is 4.18. The SMILES string of the molecule is CCOc1ccc(C(C)(O)CCCO)cc1Cl. The van der Waals surface area contributed by atoms with Crippen molar-refractivity contribution < 1.29 is 14.9 Å². The maximum absolute atomic E-state index is 10.3. The van der Waals surface area contributed by atoms with Gasteiger partial charge in [0.1, 0.15) is 5.75 Å². The average molecular weight is 259 g/mol. The maximum atomic E-state index is 10.3. The van der Waals surface area contributed by atoms with Gasteiger partial charge in [-0.3, -0.25) is 0 Å². The van der Waals surface area contributed by atoms with Crippen molar-refractivity contribution in [2.45, 2.75) is 32.3 Å². The molecule has 0 bridgehead atoms. The van der Waals surface area contributed by atoms with Crippen molar-refractivity contribution in [1.29, 1.82) is 0 Å². The van der Waals surface area contributed by atoms with Crippen LogP contribution in [-0.2, 0) is 5.60 Å². The molecule has 0 saturated heterocycles. The van der Waals surface area contributed by atoms with Gasteiger partial charge >= 0.3 is 0 Å². The van der Waals surface area contributed by atoms with Gasteiger partial charge in [0.05, 0.1) is 17.2 Å². The van der Waals surface area contributed by atoms with E-state index in [4.69, 9.17) is 21.4 Å². The largest absolute Gasteiger partial charge is 0.492 e. The summed E-state index contributed by atoms with van der Waals surface area (Å²) in [6, 6.07) is 5.27. The zero-order valence-corrected chi connectivity index (χ0v) is 11.0. The van der Waals surface area contributed by atoms with Gasteiger partial charge in [0, 0.05) is 6.61 Å². The van der Waals surface area contributed by atoms with Crippen molar-refractivity contribution in [3.63, 3.8) is 0 Å². The molecule has 0 saturated carbocycles. The molecule has 0 aliphatic heterocycles. The topological polar surface area (TPSA) is 49.7 Å². The Morgan fingerprint density at radius 1 is 1.41 bits per heavy atom. The van der Waals surface area contributed by atoms with Crippen molar-refractivity contribution in [3.8, 4) is 5.75 Å². The van der Waals surface area contributed by atoms with E-state index in [-0.39, 0.29) is 6.61 Å². The van der Waals surface area contributed by atoms with Gasteiger partial charge in [-0.05, 0) is 44.4 Å². The summed E-state index contributed by atoms with van der Waals surface area (Å²) >= 11 is 6.06. The van der Waals surface area contributed by atoms with Gasteiger partial charge in [0.2, 0.25) is 0 Å². The van der Waals surface area contributed by atoms with Crippen molar-refractivity contribution in [2.24, 2.45) is 0 Å². The lowest BCUT2D eigenvalue weighted by molar-refractivity contribution is 0.0403. The molecule has 0 spiro atoms. The van der Waals surface area contributed by atoms with Crippen LogP contribution in [0.15, 0.2) is 18.2 Å². The van der Waals surface area contributed by atoms with Gasteiger partial charge < -0.3 is 14.9 Å². The zero-order valence-electron chi connectivity index (χ0n) is 10.2. The predicted octanol–water partition coefficient (Wildman–Crippen LogP) is 2.72. The number of aliphatic hydroxyl groups excluding tert-OH is 1. The standard InChI is InChI=1S/C13H19ClO3/c1-3-17-12-6-5-10(9-11(12)14)13(2,16)7-4-8-15/h5-6,9,15-16H,3-4,7-8H2,1-2H3. The summed E-state index contributed by atoms with van der Waals surface area (Å²) in [5.74, 6) is 0.621. The Morgan fingerprint density at radius 3 is 2.65 bits per heavy atom. The maximum Gasteiger partial charge on any atom is 0.137 e. The molecule has 1 aromatic rings. The molecule has 3 nitrogen and oxygen atoms in total. The first-order valence-corrected chi connectivity index (χ1v) is 6.15. The molecular weight excluding hydrogens is 240 g/mol. The van der Waals surface area contributed by atoms with E-state index in [0.29, 0.717) is 30.2 Å². The second-order valence-corrected chi connectivity index (χ2v) is 4.59. The van der Waals surface area contributed by atoms with Crippen LogP contribution in [0.5, 0.6) is 5.75 Å². The summed E-state index contributed by atoms with van der Waals surface area (Å²) in [5, 5.41) is 19.5. The van der Waals surface area contributed by atoms with Crippen molar-refractivity contribution in [1.82, 2.24) is 0 Å². The molecule has 1 rings (SSSR count). The molecule has 0 aliphatic carbocycles. The highest BCUT2D eigenvalue weighted by Crippen LogP contribution is 2.32. The first-order valence-electron chi connectivity index (χ1n) is 5.77. The number of halogens is 1. The predicted molar refractivity (Wildman–Crippen MR) is 68.5 cm³/mol. The van der Waals surface area contributed by atoms with E-state index >= 15 is 0 Å². The minimum atomic E-state index is -0.975. The van der Waals surface area contributed by atoms with E-state index in [1.165, 1.54) is 0 Å². The van der Waals surface area contributed by atoms with Crippen LogP contribution in [0.25, 0.3) is 0 Å². The number of aliphatic hydroxyl groups is 2. The van der Waals surface area contributed by atoms with E-state index < -0.39 is 5.60 Å². The summed E-state index contributed by atoms with van der Waals surface area (Å²) in [4.78, 5) is 0. The van der Waals surface area contributed by atoms with Crippen LogP contribution in [0.2, 0.25) is 5.02 Å². The van der Waals surface area contributed by atoms with Crippen LogP contribution in [0.3, 0.4) is 0 Å². The minimum absolute atomic E-state index is 0.0703. The molecule has 0 heterocycles. The fourth-order valence-corrected chi connectivity index (χ4v) is 1.91. The molecule has 0 amide bonds. The lowest BCUT2D eigenvalue weighted by atomic mass is 9.91. The Balaban J connectivity index is 2.88. The van der Waals surface area contributed by atoms with Crippen LogP contribution in [0.4, 0.5) is 0 Å². The Hall–Kier alpha value is -0.770. The van der Waals surface area contributed by atoms with Crippen LogP contribution in [0, 0.1) is 0 Å². The van der Waals surface area contributed by atoms with Crippen molar-refractivity contribution in [2.75, 3.05) is 13.2 Å². The normalized spacial score (nSPS) is 14.4. The molecule has 0 radical (unpaired) electrons. The van der Waals surface area contributed by atoms with E-state index in [2.05, 4.69) is 0 Å². The van der Waals surface area contributed by atoms with E-state index in [1.54, 1.807) is 25.1 Å². The fourth-order valence-electron chi connectivity index (χ4n) is 1.68. The van der Waals surface area contributed by atoms with Gasteiger partial charge in [-0.25, -0.2) is 0 Å². The van der Waals surface area contributed by atoms with Gasteiger partial charge in [-0.15, -0.1) is 0 Å². The van der Waals surface area contributed by atoms with Crippen LogP contribution in [-0.4, -0.2) is 23.4 Å². The average Bonchev–Trinajstić information content (AvgIpc) is 2.29. The monoisotopic (exact) mass is 258 g/mol. The second kappa shape index (κ2) is 6.24. The molecule has 17 heavy (non-hydrogen) atoms. The summed E-state index contributed by atoms with van der Waals surface area (Å²) in [6.07, 6.45) is 1.05. The molecule has 0 aromatic heterocycles. The Bertz CT molecular complexity index is 364. The third-order valence-electron chi connectivity index (χ3n) is 2.68. The first kappa shape index (κ1) is 14.3. The summed E-state index contributed by atoms with van der Waals surface area (Å²) < 4.78 is 5.33. The van der Waals surface area contributed by atoms with Crippen LogP contribution >= 0.6 is 11.6 Å². The fraction of sp³-hybridized carbons (Fsp3) is 0.538. The first-order chi connectivity index (χ1) is 8.01. The molecule has 0 fully saturated rings. The summed E-state index contributed by atoms with van der Waals surface area (Å²) in [7, 11) is 0. The minimum Gasteiger partial charge on any atom is -0.492 e. The molecule has 1 aromatic carbocycles. The van der Waals surface area contributed by atoms with E-state index in [9.17, 15) is 5.11 Å². The molecule has 4 heteroatoms. The molecule has 1 unspecified atom stereocenters. The molecule has 2 N–H and O–H groups in total. The third-order valence-corrected chi connectivity index (χ3v) is 2.97. The highest BCUT2D eigenvalue weighted by molar-refractivity contribution is 6.32. The number of benzene rings is 1. The number of ether oxygens (including phenoxy) is 1. The van der Waals surface area contributed by atoms with Crippen molar-refractivity contribution in [3.05, 3.63) is 28.8 Å². The molecule has 96 valence electrons. The number of rotatable bonds is 6. The van der Waals surface area contributed by atoms with Crippen molar-refractivity contribution >= 4 is 11.6 Å². The number of hydrogen-bond acceptors (Lipinski definition) is 3. The Labute approximate surface area is 107 Å². The smallest absolute Gasteiger partial charge is 0.137 e. The zero-order chi connectivity index (χ0) is 12.9. The van der Waals surface area contributed by atoms with Gasteiger partial charge in [0.25, 0.3) is 0 Å². The molecule has 1 atom stereocenters.